The van der Waals surface area contributed by atoms with Gasteiger partial charge in [-0.2, -0.15) is 0 Å². The summed E-state index contributed by atoms with van der Waals surface area (Å²) in [6, 6.07) is 0. The number of anilines is 1. The molecule has 2 aromatic rings. The van der Waals surface area contributed by atoms with Crippen LogP contribution in [0.1, 0.15) is 6.42 Å². The van der Waals surface area contributed by atoms with Gasteiger partial charge in [-0.05, 0) is 6.42 Å². The molecule has 3 heterocycles. The first kappa shape index (κ1) is 15.4. The standard InChI is InChI=1S/C15H20N6O2/c1-19(14(22)9-20-7-5-17-12-20)10-15(23)2-6-21(11-15)13-8-16-3-4-18-13/h3-5,7-8,12,23H,2,6,9-11H2,1H3. The van der Waals surface area contributed by atoms with Crippen molar-refractivity contribution in [3.63, 3.8) is 0 Å². The van der Waals surface area contributed by atoms with Crippen molar-refractivity contribution >= 4 is 11.7 Å². The second-order valence-corrected chi connectivity index (χ2v) is 5.94. The third-order valence-corrected chi connectivity index (χ3v) is 4.04. The van der Waals surface area contributed by atoms with Gasteiger partial charge in [0.05, 0.1) is 19.1 Å². The van der Waals surface area contributed by atoms with Gasteiger partial charge in [0.1, 0.15) is 18.0 Å². The van der Waals surface area contributed by atoms with E-state index in [1.165, 1.54) is 0 Å². The van der Waals surface area contributed by atoms with E-state index in [0.29, 0.717) is 19.5 Å². The topological polar surface area (TPSA) is 87.4 Å². The van der Waals surface area contributed by atoms with E-state index < -0.39 is 5.60 Å². The van der Waals surface area contributed by atoms with Crippen molar-refractivity contribution in [3.05, 3.63) is 37.3 Å². The molecule has 0 saturated carbocycles. The van der Waals surface area contributed by atoms with E-state index in [4.69, 9.17) is 0 Å². The van der Waals surface area contributed by atoms with Crippen LogP contribution in [0.2, 0.25) is 0 Å². The Morgan fingerprint density at radius 1 is 1.39 bits per heavy atom. The molecule has 1 unspecified atom stereocenters. The van der Waals surface area contributed by atoms with Gasteiger partial charge in [0.25, 0.3) is 0 Å². The van der Waals surface area contributed by atoms with Crippen LogP contribution in [-0.4, -0.2) is 67.7 Å². The minimum Gasteiger partial charge on any atom is -0.386 e. The average Bonchev–Trinajstić information content (AvgIpc) is 3.18. The number of likely N-dealkylation sites (N-methyl/N-ethyl adjacent to an activating group) is 1. The van der Waals surface area contributed by atoms with Crippen molar-refractivity contribution in [3.8, 4) is 0 Å². The average molecular weight is 316 g/mol. The molecule has 0 radical (unpaired) electrons. The third-order valence-electron chi connectivity index (χ3n) is 4.04. The van der Waals surface area contributed by atoms with Crippen molar-refractivity contribution in [2.24, 2.45) is 0 Å². The van der Waals surface area contributed by atoms with Gasteiger partial charge in [-0.1, -0.05) is 0 Å². The molecule has 1 amide bonds. The summed E-state index contributed by atoms with van der Waals surface area (Å²) < 4.78 is 1.71. The zero-order valence-electron chi connectivity index (χ0n) is 13.0. The number of aliphatic hydroxyl groups is 1. The van der Waals surface area contributed by atoms with Crippen molar-refractivity contribution < 1.29 is 9.90 Å². The number of β-amino-alcohol motifs (C(OH)–C–C–N with tert-alkyl or cyclic N) is 1. The summed E-state index contributed by atoms with van der Waals surface area (Å²) in [6.07, 6.45) is 10.5. The highest BCUT2D eigenvalue weighted by atomic mass is 16.3. The maximum atomic E-state index is 12.2. The molecular formula is C15H20N6O2. The summed E-state index contributed by atoms with van der Waals surface area (Å²) in [7, 11) is 1.71. The molecule has 1 aliphatic heterocycles. The molecule has 1 saturated heterocycles. The Morgan fingerprint density at radius 2 is 2.26 bits per heavy atom. The SMILES string of the molecule is CN(CC1(O)CCN(c2cnccn2)C1)C(=O)Cn1ccnc1. The van der Waals surface area contributed by atoms with Crippen molar-refractivity contribution in [1.29, 1.82) is 0 Å². The van der Waals surface area contributed by atoms with Crippen LogP contribution in [0.5, 0.6) is 0 Å². The lowest BCUT2D eigenvalue weighted by atomic mass is 10.0. The molecule has 2 aromatic heterocycles. The molecule has 23 heavy (non-hydrogen) atoms. The normalized spacial score (nSPS) is 20.7. The maximum absolute atomic E-state index is 12.2. The molecule has 8 nitrogen and oxygen atoms in total. The molecule has 1 N–H and O–H groups in total. The van der Waals surface area contributed by atoms with Gasteiger partial charge in [0.2, 0.25) is 5.91 Å². The highest BCUT2D eigenvalue weighted by molar-refractivity contribution is 5.75. The minimum atomic E-state index is -0.934. The summed E-state index contributed by atoms with van der Waals surface area (Å²) in [5.41, 5.74) is -0.934. The highest BCUT2D eigenvalue weighted by Gasteiger charge is 2.38. The Morgan fingerprint density at radius 3 is 2.96 bits per heavy atom. The smallest absolute Gasteiger partial charge is 0.242 e. The Bertz CT molecular complexity index is 647. The van der Waals surface area contributed by atoms with E-state index in [1.807, 2.05) is 4.90 Å². The Kier molecular flexibility index (Phi) is 4.24. The molecule has 0 bridgehead atoms. The monoisotopic (exact) mass is 316 g/mol. The third kappa shape index (κ3) is 3.65. The van der Waals surface area contributed by atoms with Crippen LogP contribution in [0.3, 0.4) is 0 Å². The fraction of sp³-hybridized carbons (Fsp3) is 0.467. The fourth-order valence-corrected chi connectivity index (χ4v) is 2.82. The quantitative estimate of drug-likeness (QED) is 0.820. The highest BCUT2D eigenvalue weighted by Crippen LogP contribution is 2.25. The van der Waals surface area contributed by atoms with Crippen molar-refractivity contribution in [1.82, 2.24) is 24.4 Å². The minimum absolute atomic E-state index is 0.0608. The Labute approximate surface area is 134 Å². The number of hydrogen-bond acceptors (Lipinski definition) is 6. The van der Waals surface area contributed by atoms with Crippen LogP contribution in [-0.2, 0) is 11.3 Å². The molecule has 1 fully saturated rings. The molecule has 122 valence electrons. The van der Waals surface area contributed by atoms with Crippen molar-refractivity contribution in [2.45, 2.75) is 18.6 Å². The lowest BCUT2D eigenvalue weighted by Crippen LogP contribution is -2.46. The van der Waals surface area contributed by atoms with Gasteiger partial charge in [-0.25, -0.2) is 9.97 Å². The zero-order chi connectivity index (χ0) is 16.3. The van der Waals surface area contributed by atoms with Crippen LogP contribution >= 0.6 is 0 Å². The van der Waals surface area contributed by atoms with E-state index in [2.05, 4.69) is 15.0 Å². The number of aromatic nitrogens is 4. The number of rotatable bonds is 5. The van der Waals surface area contributed by atoms with E-state index in [0.717, 1.165) is 5.82 Å². The van der Waals surface area contributed by atoms with Gasteiger partial charge >= 0.3 is 0 Å². The second kappa shape index (κ2) is 6.33. The number of carbonyl (C=O) groups excluding carboxylic acids is 1. The van der Waals surface area contributed by atoms with Crippen LogP contribution in [0.4, 0.5) is 5.82 Å². The number of carbonyl (C=O) groups is 1. The molecule has 3 rings (SSSR count). The van der Waals surface area contributed by atoms with Gasteiger partial charge in [-0.3, -0.25) is 9.78 Å². The number of nitrogens with zero attached hydrogens (tertiary/aromatic N) is 6. The van der Waals surface area contributed by atoms with Gasteiger partial charge < -0.3 is 19.5 Å². The molecule has 1 atom stereocenters. The fourth-order valence-electron chi connectivity index (χ4n) is 2.82. The first-order chi connectivity index (χ1) is 11.1. The summed E-state index contributed by atoms with van der Waals surface area (Å²) in [5, 5.41) is 10.8. The lowest BCUT2D eigenvalue weighted by molar-refractivity contribution is -0.133. The lowest BCUT2D eigenvalue weighted by Gasteiger charge is -2.29. The molecule has 0 aliphatic carbocycles. The maximum Gasteiger partial charge on any atom is 0.242 e. The van der Waals surface area contributed by atoms with E-state index in [9.17, 15) is 9.90 Å². The molecule has 0 aromatic carbocycles. The number of amides is 1. The summed E-state index contributed by atoms with van der Waals surface area (Å²) in [6.45, 7) is 1.64. The van der Waals surface area contributed by atoms with Crippen LogP contribution in [0, 0.1) is 0 Å². The van der Waals surface area contributed by atoms with Gasteiger partial charge in [-0.15, -0.1) is 0 Å². The Hall–Kier alpha value is -2.48. The second-order valence-electron chi connectivity index (χ2n) is 5.94. The van der Waals surface area contributed by atoms with Crippen LogP contribution in [0.15, 0.2) is 37.3 Å². The molecular weight excluding hydrogens is 296 g/mol. The van der Waals surface area contributed by atoms with Gasteiger partial charge in [0.15, 0.2) is 0 Å². The molecule has 1 aliphatic rings. The van der Waals surface area contributed by atoms with E-state index in [-0.39, 0.29) is 19.0 Å². The van der Waals surface area contributed by atoms with Gasteiger partial charge in [0, 0.05) is 44.9 Å². The molecule has 8 heteroatoms. The van der Waals surface area contributed by atoms with Crippen LogP contribution < -0.4 is 4.90 Å². The summed E-state index contributed by atoms with van der Waals surface area (Å²) in [5.74, 6) is 0.685. The predicted octanol–water partition coefficient (Wildman–Crippen LogP) is -0.227. The first-order valence-electron chi connectivity index (χ1n) is 7.49. The van der Waals surface area contributed by atoms with E-state index >= 15 is 0 Å². The predicted molar refractivity (Wildman–Crippen MR) is 83.7 cm³/mol. The Balaban J connectivity index is 1.58. The van der Waals surface area contributed by atoms with Crippen LogP contribution in [0.25, 0.3) is 0 Å². The summed E-state index contributed by atoms with van der Waals surface area (Å²) >= 11 is 0. The zero-order valence-corrected chi connectivity index (χ0v) is 13.0. The van der Waals surface area contributed by atoms with E-state index in [1.54, 1.807) is 53.8 Å². The molecule has 0 spiro atoms. The number of hydrogen-bond donors (Lipinski definition) is 1. The summed E-state index contributed by atoms with van der Waals surface area (Å²) in [4.78, 5) is 28.0. The largest absolute Gasteiger partial charge is 0.386 e. The first-order valence-corrected chi connectivity index (χ1v) is 7.49. The number of imidazole rings is 1. The van der Waals surface area contributed by atoms with Crippen molar-refractivity contribution in [2.75, 3.05) is 31.6 Å².